The highest BCUT2D eigenvalue weighted by molar-refractivity contribution is 6.31. The quantitative estimate of drug-likeness (QED) is 0.492. The molecule has 4 nitrogen and oxygen atoms in total. The maximum atomic E-state index is 13.0. The van der Waals surface area contributed by atoms with Crippen LogP contribution >= 0.6 is 11.6 Å². The second kappa shape index (κ2) is 10.1. The summed E-state index contributed by atoms with van der Waals surface area (Å²) in [5, 5.41) is 3.46. The van der Waals surface area contributed by atoms with Gasteiger partial charge in [0.05, 0.1) is 5.69 Å². The van der Waals surface area contributed by atoms with E-state index in [0.29, 0.717) is 21.8 Å². The second-order valence-corrected chi connectivity index (χ2v) is 8.79. The minimum absolute atomic E-state index is 0.0371. The van der Waals surface area contributed by atoms with Crippen molar-refractivity contribution in [2.75, 3.05) is 18.4 Å². The minimum Gasteiger partial charge on any atom is -0.325 e. The van der Waals surface area contributed by atoms with Gasteiger partial charge in [-0.05, 0) is 62.2 Å². The summed E-state index contributed by atoms with van der Waals surface area (Å²) in [6.07, 6.45) is 1.60. The van der Waals surface area contributed by atoms with Gasteiger partial charge in [0.15, 0.2) is 5.78 Å². The van der Waals surface area contributed by atoms with Crippen molar-refractivity contribution < 1.29 is 9.59 Å². The van der Waals surface area contributed by atoms with E-state index in [9.17, 15) is 9.59 Å². The van der Waals surface area contributed by atoms with Gasteiger partial charge in [-0.1, -0.05) is 66.2 Å². The molecule has 0 aromatic heterocycles. The van der Waals surface area contributed by atoms with Crippen LogP contribution in [0.15, 0.2) is 72.8 Å². The normalized spacial score (nSPS) is 14.8. The molecule has 1 amide bonds. The topological polar surface area (TPSA) is 49.4 Å². The van der Waals surface area contributed by atoms with Crippen LogP contribution in [0.2, 0.25) is 5.02 Å². The fourth-order valence-electron chi connectivity index (χ4n) is 4.17. The number of piperidine rings is 1. The number of halogens is 1. The minimum atomic E-state index is -0.156. The molecule has 0 bridgehead atoms. The molecule has 0 saturated carbocycles. The van der Waals surface area contributed by atoms with Crippen LogP contribution in [0.5, 0.6) is 0 Å². The number of carbonyl (C=O) groups excluding carboxylic acids is 2. The van der Waals surface area contributed by atoms with Gasteiger partial charge in [0.2, 0.25) is 5.91 Å². The second-order valence-electron chi connectivity index (χ2n) is 8.35. The average Bonchev–Trinajstić information content (AvgIpc) is 2.82. The predicted molar refractivity (Wildman–Crippen MR) is 129 cm³/mol. The fraction of sp³-hybridized carbons (Fsp3) is 0.259. The Morgan fingerprint density at radius 3 is 2.38 bits per heavy atom. The highest BCUT2D eigenvalue weighted by atomic mass is 35.5. The van der Waals surface area contributed by atoms with Gasteiger partial charge in [-0.2, -0.15) is 0 Å². The summed E-state index contributed by atoms with van der Waals surface area (Å²) < 4.78 is 0. The molecule has 1 fully saturated rings. The van der Waals surface area contributed by atoms with Crippen molar-refractivity contribution in [3.05, 3.63) is 100 Å². The number of hydrogen-bond acceptors (Lipinski definition) is 3. The van der Waals surface area contributed by atoms with Gasteiger partial charge in [-0.3, -0.25) is 14.5 Å². The molecule has 0 radical (unpaired) electrons. The zero-order valence-corrected chi connectivity index (χ0v) is 18.9. The van der Waals surface area contributed by atoms with Gasteiger partial charge >= 0.3 is 0 Å². The maximum Gasteiger partial charge on any atom is 0.227 e. The van der Waals surface area contributed by atoms with E-state index in [4.69, 9.17) is 11.6 Å². The first kappa shape index (κ1) is 22.3. The Bertz CT molecular complexity index is 1110. The van der Waals surface area contributed by atoms with Gasteiger partial charge in [-0.15, -0.1) is 0 Å². The molecule has 3 aromatic rings. The van der Waals surface area contributed by atoms with Crippen LogP contribution in [0.25, 0.3) is 0 Å². The molecule has 1 aliphatic rings. The molecule has 0 atom stereocenters. The summed E-state index contributed by atoms with van der Waals surface area (Å²) in [6, 6.07) is 22.5. The molecule has 164 valence electrons. The van der Waals surface area contributed by atoms with E-state index < -0.39 is 0 Å². The summed E-state index contributed by atoms with van der Waals surface area (Å²) in [5.74, 6) is -0.264. The molecule has 4 rings (SSSR count). The molecule has 1 saturated heterocycles. The Morgan fingerprint density at radius 1 is 0.969 bits per heavy atom. The third-order valence-corrected chi connectivity index (χ3v) is 6.37. The van der Waals surface area contributed by atoms with Gasteiger partial charge in [-0.25, -0.2) is 0 Å². The Balaban J connectivity index is 1.41. The molecule has 0 spiro atoms. The highest BCUT2D eigenvalue weighted by Crippen LogP contribution is 2.26. The van der Waals surface area contributed by atoms with Crippen LogP contribution in [0.1, 0.15) is 39.9 Å². The lowest BCUT2D eigenvalue weighted by Crippen LogP contribution is -2.38. The molecular formula is C27H27ClN2O2. The lowest BCUT2D eigenvalue weighted by atomic mass is 9.94. The summed E-state index contributed by atoms with van der Waals surface area (Å²) in [4.78, 5) is 28.4. The fourth-order valence-corrected chi connectivity index (χ4v) is 4.35. The molecule has 1 aliphatic heterocycles. The van der Waals surface area contributed by atoms with E-state index in [2.05, 4.69) is 41.4 Å². The van der Waals surface area contributed by atoms with E-state index >= 15 is 0 Å². The lowest BCUT2D eigenvalue weighted by Gasteiger charge is -2.31. The zero-order chi connectivity index (χ0) is 22.5. The number of aryl methyl sites for hydroxylation is 1. The SMILES string of the molecule is Cc1ccccc1CN1CCC(C(=O)Nc2ccc(Cl)cc2C(=O)c2ccccc2)CC1. The monoisotopic (exact) mass is 446 g/mol. The van der Waals surface area contributed by atoms with Crippen molar-refractivity contribution in [2.45, 2.75) is 26.3 Å². The van der Waals surface area contributed by atoms with Crippen LogP contribution in [-0.2, 0) is 11.3 Å². The number of hydrogen-bond donors (Lipinski definition) is 1. The number of likely N-dealkylation sites (tertiary alicyclic amines) is 1. The number of anilines is 1. The van der Waals surface area contributed by atoms with E-state index in [0.717, 1.165) is 32.5 Å². The van der Waals surface area contributed by atoms with Crippen LogP contribution in [-0.4, -0.2) is 29.7 Å². The number of ketones is 1. The predicted octanol–water partition coefficient (Wildman–Crippen LogP) is 5.73. The first-order chi connectivity index (χ1) is 15.5. The molecule has 1 N–H and O–H groups in total. The summed E-state index contributed by atoms with van der Waals surface area (Å²) in [6.45, 7) is 4.80. The van der Waals surface area contributed by atoms with Crippen LogP contribution in [0.4, 0.5) is 5.69 Å². The number of carbonyl (C=O) groups is 2. The lowest BCUT2D eigenvalue weighted by molar-refractivity contribution is -0.121. The third-order valence-electron chi connectivity index (χ3n) is 6.13. The van der Waals surface area contributed by atoms with Crippen LogP contribution in [0.3, 0.4) is 0 Å². The smallest absolute Gasteiger partial charge is 0.227 e. The van der Waals surface area contributed by atoms with Gasteiger partial charge in [0, 0.05) is 28.6 Å². The van der Waals surface area contributed by atoms with Gasteiger partial charge in [0.25, 0.3) is 0 Å². The van der Waals surface area contributed by atoms with Crippen LogP contribution in [0, 0.1) is 12.8 Å². The molecule has 32 heavy (non-hydrogen) atoms. The number of nitrogens with zero attached hydrogens (tertiary/aromatic N) is 1. The Morgan fingerprint density at radius 2 is 1.66 bits per heavy atom. The van der Waals surface area contributed by atoms with Crippen molar-refractivity contribution in [3.63, 3.8) is 0 Å². The highest BCUT2D eigenvalue weighted by Gasteiger charge is 2.26. The summed E-state index contributed by atoms with van der Waals surface area (Å²) >= 11 is 6.16. The van der Waals surface area contributed by atoms with Crippen molar-refractivity contribution in [2.24, 2.45) is 5.92 Å². The first-order valence-corrected chi connectivity index (χ1v) is 11.4. The number of amides is 1. The Labute approximate surface area is 194 Å². The van der Waals surface area contributed by atoms with E-state index in [1.165, 1.54) is 11.1 Å². The number of benzene rings is 3. The first-order valence-electron chi connectivity index (χ1n) is 11.0. The molecule has 0 aliphatic carbocycles. The maximum absolute atomic E-state index is 13.0. The van der Waals surface area contributed by atoms with Crippen LogP contribution < -0.4 is 5.32 Å². The third kappa shape index (κ3) is 5.26. The zero-order valence-electron chi connectivity index (χ0n) is 18.2. The largest absolute Gasteiger partial charge is 0.325 e. The summed E-state index contributed by atoms with van der Waals surface area (Å²) in [7, 11) is 0. The number of nitrogens with one attached hydrogen (secondary N) is 1. The standard InChI is InChI=1S/C27H27ClN2O2/c1-19-7-5-6-10-22(19)18-30-15-13-21(14-16-30)27(32)29-25-12-11-23(28)17-24(25)26(31)20-8-3-2-4-9-20/h2-12,17,21H,13-16,18H2,1H3,(H,29,32). The molecule has 5 heteroatoms. The molecule has 3 aromatic carbocycles. The van der Waals surface area contributed by atoms with E-state index in [1.807, 2.05) is 18.2 Å². The van der Waals surface area contributed by atoms with E-state index in [1.54, 1.807) is 30.3 Å². The molecular weight excluding hydrogens is 420 g/mol. The van der Waals surface area contributed by atoms with Crippen molar-refractivity contribution in [1.29, 1.82) is 0 Å². The average molecular weight is 447 g/mol. The van der Waals surface area contributed by atoms with E-state index in [-0.39, 0.29) is 17.6 Å². The molecule has 1 heterocycles. The van der Waals surface area contributed by atoms with Crippen molar-refractivity contribution >= 4 is 29.0 Å². The van der Waals surface area contributed by atoms with Crippen molar-refractivity contribution in [1.82, 2.24) is 4.90 Å². The summed E-state index contributed by atoms with van der Waals surface area (Å²) in [5.41, 5.74) is 4.12. The molecule has 0 unspecified atom stereocenters. The Hall–Kier alpha value is -2.95. The van der Waals surface area contributed by atoms with Gasteiger partial charge in [0.1, 0.15) is 0 Å². The Kier molecular flexibility index (Phi) is 7.03. The van der Waals surface area contributed by atoms with Gasteiger partial charge < -0.3 is 5.32 Å². The van der Waals surface area contributed by atoms with Crippen molar-refractivity contribution in [3.8, 4) is 0 Å². The number of rotatable bonds is 6.